The molecule has 18 aromatic carbocycles. The molecule has 3 heteroatoms. The van der Waals surface area contributed by atoms with Crippen LogP contribution < -0.4 is 47.7 Å². The van der Waals surface area contributed by atoms with Crippen molar-refractivity contribution in [2.45, 2.75) is 84.0 Å². The summed E-state index contributed by atoms with van der Waals surface area (Å²) in [7, 11) is -1.34. The van der Waals surface area contributed by atoms with Crippen LogP contribution in [0.1, 0.15) is 105 Å². The van der Waals surface area contributed by atoms with E-state index in [1.54, 1.807) is 0 Å². The fourth-order valence-electron chi connectivity index (χ4n) is 19.1. The molecule has 0 nitrogen and oxygen atoms in total. The van der Waals surface area contributed by atoms with E-state index in [9.17, 15) is 0 Å². The zero-order valence-electron chi connectivity index (χ0n) is 72.2. The Labute approximate surface area is 739 Å². The number of rotatable bonds is 12. The Morgan fingerprint density at radius 1 is 0.137 bits per heavy atom. The van der Waals surface area contributed by atoms with Crippen LogP contribution in [0.15, 0.2) is 461 Å². The lowest BCUT2D eigenvalue weighted by Crippen LogP contribution is -2.20. The molecule has 4 aliphatic rings. The van der Waals surface area contributed by atoms with Crippen LogP contribution in [0.3, 0.4) is 0 Å². The van der Waals surface area contributed by atoms with Crippen LogP contribution in [0.4, 0.5) is 0 Å². The molecule has 602 valence electrons. The van der Waals surface area contributed by atoms with Gasteiger partial charge in [-0.2, -0.15) is 0 Å². The zero-order chi connectivity index (χ0) is 84.9. The first-order valence-corrected chi connectivity index (χ1v) is 47.5. The molecule has 4 aliphatic carbocycles. The minimum Gasteiger partial charge on any atom is -0.0622 e. The van der Waals surface area contributed by atoms with Gasteiger partial charge in [-0.1, -0.05) is 486 Å². The fourth-order valence-corrected chi connectivity index (χ4v) is 26.0. The van der Waals surface area contributed by atoms with Gasteiger partial charge in [0.05, 0.1) is 0 Å². The van der Waals surface area contributed by atoms with E-state index in [0.717, 1.165) is 0 Å². The smallest absolute Gasteiger partial charge is 0.0159 e. The van der Waals surface area contributed by atoms with Gasteiger partial charge in [0.15, 0.2) is 0 Å². The molecule has 0 heterocycles. The highest BCUT2D eigenvalue weighted by molar-refractivity contribution is 7.80. The van der Waals surface area contributed by atoms with Crippen molar-refractivity contribution in [2.75, 3.05) is 0 Å². The maximum absolute atomic E-state index is 2.46. The molecule has 0 N–H and O–H groups in total. The Hall–Kier alpha value is -12.8. The highest BCUT2D eigenvalue weighted by atomic mass is 31.1. The summed E-state index contributed by atoms with van der Waals surface area (Å²) in [5.41, 5.74) is 31.2. The van der Waals surface area contributed by atoms with Crippen molar-refractivity contribution < 1.29 is 0 Å². The first kappa shape index (κ1) is 82.2. The first-order valence-electron chi connectivity index (χ1n) is 43.5. The second-order valence-electron chi connectivity index (χ2n) is 34.8. The van der Waals surface area contributed by atoms with Crippen molar-refractivity contribution in [3.05, 3.63) is 511 Å². The van der Waals surface area contributed by atoms with Gasteiger partial charge in [-0.05, 0) is 237 Å². The Kier molecular flexibility index (Phi) is 23.6. The van der Waals surface area contributed by atoms with Crippen molar-refractivity contribution in [3.8, 4) is 77.9 Å². The van der Waals surface area contributed by atoms with E-state index >= 15 is 0 Å². The number of aryl methyl sites for hydroxylation is 1. The highest BCUT2D eigenvalue weighted by Crippen LogP contribution is 2.55. The molecule has 0 atom stereocenters. The fraction of sp³-hybridized carbons (Fsp3) is 0.107. The van der Waals surface area contributed by atoms with Crippen LogP contribution in [0.25, 0.3) is 77.9 Å². The predicted molar refractivity (Wildman–Crippen MR) is 540 cm³/mol. The van der Waals surface area contributed by atoms with Crippen molar-refractivity contribution in [1.82, 2.24) is 0 Å². The van der Waals surface area contributed by atoms with Crippen LogP contribution in [0.2, 0.25) is 0 Å². The average molecular weight is 1650 g/mol. The lowest BCUT2D eigenvalue weighted by molar-refractivity contribution is 0.659. The largest absolute Gasteiger partial charge is 0.0622 e. The van der Waals surface area contributed by atoms with Crippen molar-refractivity contribution >= 4 is 71.5 Å². The first-order chi connectivity index (χ1) is 60.5. The SMILES string of the molecule is CC1(C)c2ccccc2-c2ccc(-c3cc(-c4ccc5c(c4)C(C)(C)c4ccccc4-5)cc(-c4ccc5c(c4)C(C)(C)c4ccccc4-5)c3)cc21.Cc1ccc2c(c1)C(C)(C)c1ccccc1-2.c1ccc(P(c2ccccc2)c2ccccc2)cc1.c1ccc(P(c2ccccc2)c2ccccc2)cc1.c1ccc(P(c2ccccc2)c2ccccc2)cc1. The predicted octanol–water partition coefficient (Wildman–Crippen LogP) is 28.2. The number of hydrogen-bond acceptors (Lipinski definition) is 0. The van der Waals surface area contributed by atoms with Gasteiger partial charge in [0.25, 0.3) is 0 Å². The van der Waals surface area contributed by atoms with Gasteiger partial charge in [0.1, 0.15) is 0 Å². The van der Waals surface area contributed by atoms with Gasteiger partial charge in [-0.3, -0.25) is 0 Å². The van der Waals surface area contributed by atoms with E-state index in [2.05, 4.69) is 523 Å². The quantitative estimate of drug-likeness (QED) is 0.107. The number of benzene rings is 18. The Morgan fingerprint density at radius 2 is 0.298 bits per heavy atom. The summed E-state index contributed by atoms with van der Waals surface area (Å²) in [4.78, 5) is 0. The summed E-state index contributed by atoms with van der Waals surface area (Å²) in [6, 6.07) is 168. The second-order valence-corrected chi connectivity index (χ2v) is 41.5. The van der Waals surface area contributed by atoms with Crippen molar-refractivity contribution in [2.24, 2.45) is 0 Å². The normalized spacial score (nSPS) is 13.5. The molecule has 22 rings (SSSR count). The Balaban J connectivity index is 0.000000118. The van der Waals surface area contributed by atoms with Crippen LogP contribution in [0.5, 0.6) is 0 Å². The summed E-state index contributed by atoms with van der Waals surface area (Å²) >= 11 is 0. The van der Waals surface area contributed by atoms with Crippen LogP contribution in [0, 0.1) is 6.92 Å². The van der Waals surface area contributed by atoms with Crippen molar-refractivity contribution in [1.29, 1.82) is 0 Å². The third kappa shape index (κ3) is 16.4. The molecule has 0 unspecified atom stereocenters. The molecule has 0 amide bonds. The monoisotopic (exact) mass is 1650 g/mol. The minimum atomic E-state index is -0.446. The van der Waals surface area contributed by atoms with E-state index in [1.807, 2.05) is 0 Å². The van der Waals surface area contributed by atoms with Gasteiger partial charge >= 0.3 is 0 Å². The zero-order valence-corrected chi connectivity index (χ0v) is 74.9. The molecule has 0 bridgehead atoms. The molecule has 0 saturated heterocycles. The minimum absolute atomic E-state index is 0.0521. The second kappa shape index (κ2) is 35.6. The molecule has 0 fully saturated rings. The molecule has 0 aromatic heterocycles. The van der Waals surface area contributed by atoms with E-state index in [1.165, 1.54) is 176 Å². The van der Waals surface area contributed by atoms with Gasteiger partial charge in [-0.25, -0.2) is 0 Å². The molecular weight excluding hydrogens is 1550 g/mol. The summed E-state index contributed by atoms with van der Waals surface area (Å²) in [6.45, 7) is 21.0. The van der Waals surface area contributed by atoms with E-state index in [4.69, 9.17) is 0 Å². The molecule has 0 radical (unpaired) electrons. The average Bonchev–Trinajstić information content (AvgIpc) is 1.59. The molecule has 0 aliphatic heterocycles. The van der Waals surface area contributed by atoms with Crippen LogP contribution in [-0.4, -0.2) is 0 Å². The van der Waals surface area contributed by atoms with Gasteiger partial charge in [0.2, 0.25) is 0 Å². The lowest BCUT2D eigenvalue weighted by atomic mass is 9.80. The number of hydrogen-bond donors (Lipinski definition) is 0. The standard InChI is InChI=1S/C51H42.3C18H15P.C16H16/c1-49(2)43-16-10-7-13-37(43)40-22-19-31(28-46(40)49)34-25-35(32-20-23-41-38-14-8-11-17-44(38)50(3,4)47(41)29-32)27-36(26-34)33-21-24-42-39-15-9-12-18-45(39)51(5,6)48(42)30-33;3*1-4-10-16(11-5-1)19(17-12-6-2-7-13-17)18-14-8-3-9-15-18;1-11-8-9-13-12-6-4-5-7-14(12)16(2,3)15(13)10-11/h7-30H,1-6H3;3*1-15H;4-10H,1-3H3. The summed E-state index contributed by atoms with van der Waals surface area (Å²) in [5.74, 6) is 0. The maximum atomic E-state index is 2.46. The summed E-state index contributed by atoms with van der Waals surface area (Å²) in [5, 5.41) is 12.6. The molecule has 0 saturated carbocycles. The maximum Gasteiger partial charge on any atom is 0.0159 e. The van der Waals surface area contributed by atoms with Gasteiger partial charge in [0, 0.05) is 21.7 Å². The number of fused-ring (bicyclic) bond motifs is 12. The summed E-state index contributed by atoms with van der Waals surface area (Å²) in [6.07, 6.45) is 0. The summed E-state index contributed by atoms with van der Waals surface area (Å²) < 4.78 is 0. The third-order valence-electron chi connectivity index (χ3n) is 25.6. The topological polar surface area (TPSA) is 0 Å². The molecule has 0 spiro atoms. The van der Waals surface area contributed by atoms with E-state index < -0.39 is 23.8 Å². The van der Waals surface area contributed by atoms with E-state index in [-0.39, 0.29) is 21.7 Å². The third-order valence-corrected chi connectivity index (χ3v) is 32.9. The van der Waals surface area contributed by atoms with Crippen LogP contribution in [-0.2, 0) is 21.7 Å². The Bertz CT molecular complexity index is 5900. The molecule has 124 heavy (non-hydrogen) atoms. The molecule has 18 aromatic rings. The van der Waals surface area contributed by atoms with Gasteiger partial charge in [-0.15, -0.1) is 0 Å². The Morgan fingerprint density at radius 3 is 0.500 bits per heavy atom. The van der Waals surface area contributed by atoms with Gasteiger partial charge < -0.3 is 0 Å². The lowest BCUT2D eigenvalue weighted by Gasteiger charge is -2.23. The molecular formula is C121H103P3. The van der Waals surface area contributed by atoms with Crippen molar-refractivity contribution in [3.63, 3.8) is 0 Å². The van der Waals surface area contributed by atoms with E-state index in [0.29, 0.717) is 0 Å². The van der Waals surface area contributed by atoms with Crippen LogP contribution >= 0.6 is 23.8 Å². The highest BCUT2D eigenvalue weighted by Gasteiger charge is 2.39.